The fraction of sp³-hybridized carbons (Fsp3) is 0.133. The fourth-order valence-electron chi connectivity index (χ4n) is 1.84. The molecule has 98 valence electrons. The number of benzene rings is 2. The van der Waals surface area contributed by atoms with E-state index in [2.05, 4.69) is 0 Å². The highest BCUT2D eigenvalue weighted by Gasteiger charge is 2.15. The van der Waals surface area contributed by atoms with Gasteiger partial charge in [0.25, 0.3) is 0 Å². The van der Waals surface area contributed by atoms with Crippen LogP contribution in [0, 0.1) is 6.92 Å². The lowest BCUT2D eigenvalue weighted by atomic mass is 10.00. The van der Waals surface area contributed by atoms with Gasteiger partial charge in [0.2, 0.25) is 0 Å². The second kappa shape index (κ2) is 5.02. The second-order valence-corrected chi connectivity index (χ2v) is 4.25. The minimum Gasteiger partial charge on any atom is -0.504 e. The number of rotatable bonds is 3. The zero-order valence-electron chi connectivity index (χ0n) is 10.7. The summed E-state index contributed by atoms with van der Waals surface area (Å²) in [6.45, 7) is 1.96. The topological polar surface area (TPSA) is 66.8 Å². The van der Waals surface area contributed by atoms with Gasteiger partial charge in [-0.05, 0) is 24.6 Å². The molecule has 2 rings (SSSR count). The van der Waals surface area contributed by atoms with Crippen molar-refractivity contribution < 1.29 is 19.7 Å². The first-order chi connectivity index (χ1) is 9.02. The minimum atomic E-state index is -1.06. The summed E-state index contributed by atoms with van der Waals surface area (Å²) in [5.41, 5.74) is 2.34. The highest BCUT2D eigenvalue weighted by atomic mass is 16.5. The Hall–Kier alpha value is -2.49. The van der Waals surface area contributed by atoms with E-state index >= 15 is 0 Å². The van der Waals surface area contributed by atoms with Crippen LogP contribution in [0.15, 0.2) is 36.4 Å². The second-order valence-electron chi connectivity index (χ2n) is 4.25. The fourth-order valence-corrected chi connectivity index (χ4v) is 1.84. The molecule has 2 aromatic rings. The van der Waals surface area contributed by atoms with Gasteiger partial charge in [-0.3, -0.25) is 0 Å². The van der Waals surface area contributed by atoms with Crippen LogP contribution in [0.3, 0.4) is 0 Å². The van der Waals surface area contributed by atoms with Gasteiger partial charge in [-0.1, -0.05) is 29.8 Å². The van der Waals surface area contributed by atoms with E-state index in [4.69, 9.17) is 9.84 Å². The maximum atomic E-state index is 11.1. The van der Waals surface area contributed by atoms with Crippen molar-refractivity contribution in [2.45, 2.75) is 6.92 Å². The number of ether oxygens (including phenoxy) is 1. The molecule has 0 atom stereocenters. The smallest absolute Gasteiger partial charge is 0.335 e. The molecule has 19 heavy (non-hydrogen) atoms. The lowest BCUT2D eigenvalue weighted by Crippen LogP contribution is -1.98. The number of carbonyl (C=O) groups is 1. The Morgan fingerprint density at radius 2 is 1.79 bits per heavy atom. The van der Waals surface area contributed by atoms with E-state index in [1.54, 1.807) is 0 Å². The van der Waals surface area contributed by atoms with Crippen molar-refractivity contribution in [3.05, 3.63) is 47.5 Å². The van der Waals surface area contributed by atoms with Crippen LogP contribution in [-0.4, -0.2) is 23.3 Å². The lowest BCUT2D eigenvalue weighted by Gasteiger charge is -2.11. The Morgan fingerprint density at radius 1 is 1.16 bits per heavy atom. The van der Waals surface area contributed by atoms with Crippen LogP contribution in [-0.2, 0) is 0 Å². The van der Waals surface area contributed by atoms with Crippen LogP contribution < -0.4 is 4.74 Å². The number of hydrogen-bond acceptors (Lipinski definition) is 3. The Labute approximate surface area is 110 Å². The van der Waals surface area contributed by atoms with Crippen LogP contribution in [0.5, 0.6) is 11.5 Å². The summed E-state index contributed by atoms with van der Waals surface area (Å²) in [6, 6.07) is 10.2. The molecule has 0 unspecified atom stereocenters. The van der Waals surface area contributed by atoms with E-state index in [1.165, 1.54) is 19.2 Å². The molecule has 0 aromatic heterocycles. The Balaban J connectivity index is 2.64. The number of phenols is 1. The molecule has 2 aromatic carbocycles. The van der Waals surface area contributed by atoms with Crippen molar-refractivity contribution in [3.8, 4) is 22.6 Å². The molecule has 0 aliphatic heterocycles. The van der Waals surface area contributed by atoms with Gasteiger partial charge in [0.15, 0.2) is 11.5 Å². The first-order valence-corrected chi connectivity index (χ1v) is 5.74. The van der Waals surface area contributed by atoms with Gasteiger partial charge in [-0.15, -0.1) is 0 Å². The quantitative estimate of drug-likeness (QED) is 0.887. The molecule has 0 saturated heterocycles. The van der Waals surface area contributed by atoms with Crippen molar-refractivity contribution in [1.82, 2.24) is 0 Å². The molecule has 0 aliphatic carbocycles. The van der Waals surface area contributed by atoms with Gasteiger partial charge in [-0.2, -0.15) is 0 Å². The van der Waals surface area contributed by atoms with E-state index in [1.807, 2.05) is 31.2 Å². The number of carboxylic acid groups (broad SMARTS) is 1. The summed E-state index contributed by atoms with van der Waals surface area (Å²) < 4.78 is 5.01. The van der Waals surface area contributed by atoms with Gasteiger partial charge < -0.3 is 14.9 Å². The molecule has 0 saturated carbocycles. The highest BCUT2D eigenvalue weighted by Crippen LogP contribution is 2.38. The van der Waals surface area contributed by atoms with Gasteiger partial charge in [0.1, 0.15) is 0 Å². The van der Waals surface area contributed by atoms with Crippen molar-refractivity contribution in [2.24, 2.45) is 0 Å². The Morgan fingerprint density at radius 3 is 2.32 bits per heavy atom. The van der Waals surface area contributed by atoms with Crippen LogP contribution in [0.2, 0.25) is 0 Å². The molecule has 0 fully saturated rings. The molecule has 0 aliphatic rings. The van der Waals surface area contributed by atoms with E-state index in [-0.39, 0.29) is 17.1 Å². The van der Waals surface area contributed by atoms with Gasteiger partial charge >= 0.3 is 5.97 Å². The standard InChI is InChI=1S/C15H14O4/c1-9-3-5-10(6-4-9)12-7-11(15(17)18)8-13(19-2)14(12)16/h3-8,16H,1-2H3,(H,17,18). The number of aryl methyl sites for hydroxylation is 1. The number of hydrogen-bond donors (Lipinski definition) is 2. The normalized spacial score (nSPS) is 10.2. The molecule has 0 spiro atoms. The average Bonchev–Trinajstić information content (AvgIpc) is 2.40. The first kappa shape index (κ1) is 13.0. The summed E-state index contributed by atoms with van der Waals surface area (Å²) in [5.74, 6) is -0.974. The molecular formula is C15H14O4. The zero-order chi connectivity index (χ0) is 14.0. The molecular weight excluding hydrogens is 244 g/mol. The predicted molar refractivity (Wildman–Crippen MR) is 71.8 cm³/mol. The maximum Gasteiger partial charge on any atom is 0.335 e. The first-order valence-electron chi connectivity index (χ1n) is 5.74. The molecule has 2 N–H and O–H groups in total. The van der Waals surface area contributed by atoms with E-state index in [0.717, 1.165) is 11.1 Å². The summed E-state index contributed by atoms with van der Waals surface area (Å²) in [5, 5.41) is 19.2. The number of carboxylic acids is 1. The zero-order valence-corrected chi connectivity index (χ0v) is 10.7. The van der Waals surface area contributed by atoms with Gasteiger partial charge in [-0.25, -0.2) is 4.79 Å². The number of phenolic OH excluding ortho intramolecular Hbond substituents is 1. The monoisotopic (exact) mass is 258 g/mol. The van der Waals surface area contributed by atoms with E-state index < -0.39 is 5.97 Å². The molecule has 0 heterocycles. The number of aromatic hydroxyl groups is 1. The molecule has 0 radical (unpaired) electrons. The predicted octanol–water partition coefficient (Wildman–Crippen LogP) is 3.07. The van der Waals surface area contributed by atoms with Crippen molar-refractivity contribution >= 4 is 5.97 Å². The van der Waals surface area contributed by atoms with Crippen molar-refractivity contribution in [1.29, 1.82) is 0 Å². The van der Waals surface area contributed by atoms with Crippen molar-refractivity contribution in [3.63, 3.8) is 0 Å². The largest absolute Gasteiger partial charge is 0.504 e. The third-order valence-electron chi connectivity index (χ3n) is 2.90. The molecule has 0 bridgehead atoms. The van der Waals surface area contributed by atoms with E-state index in [9.17, 15) is 9.90 Å². The van der Waals surface area contributed by atoms with Crippen LogP contribution in [0.25, 0.3) is 11.1 Å². The third-order valence-corrected chi connectivity index (χ3v) is 2.90. The molecule has 4 heteroatoms. The molecule has 4 nitrogen and oxygen atoms in total. The SMILES string of the molecule is COc1cc(C(=O)O)cc(-c2ccc(C)cc2)c1O. The third kappa shape index (κ3) is 2.52. The molecule has 0 amide bonds. The van der Waals surface area contributed by atoms with E-state index in [0.29, 0.717) is 5.56 Å². The van der Waals surface area contributed by atoms with Crippen LogP contribution in [0.4, 0.5) is 0 Å². The summed E-state index contributed by atoms with van der Waals surface area (Å²) in [6.07, 6.45) is 0. The summed E-state index contributed by atoms with van der Waals surface area (Å²) in [4.78, 5) is 11.1. The van der Waals surface area contributed by atoms with Gasteiger partial charge in [0, 0.05) is 5.56 Å². The average molecular weight is 258 g/mol. The van der Waals surface area contributed by atoms with Crippen LogP contribution in [0.1, 0.15) is 15.9 Å². The summed E-state index contributed by atoms with van der Waals surface area (Å²) in [7, 11) is 1.39. The van der Waals surface area contributed by atoms with Gasteiger partial charge in [0.05, 0.1) is 12.7 Å². The number of methoxy groups -OCH3 is 1. The van der Waals surface area contributed by atoms with Crippen LogP contribution >= 0.6 is 0 Å². The van der Waals surface area contributed by atoms with Crippen molar-refractivity contribution in [2.75, 3.05) is 7.11 Å². The minimum absolute atomic E-state index is 0.0589. The summed E-state index contributed by atoms with van der Waals surface area (Å²) >= 11 is 0. The maximum absolute atomic E-state index is 11.1. The number of aromatic carboxylic acids is 1. The highest BCUT2D eigenvalue weighted by molar-refractivity contribution is 5.91. The Bertz CT molecular complexity index is 615. The Kier molecular flexibility index (Phi) is 3.42. The lowest BCUT2D eigenvalue weighted by molar-refractivity contribution is 0.0696.